The Morgan fingerprint density at radius 3 is 2.00 bits per heavy atom. The average Bonchev–Trinajstić information content (AvgIpc) is 2.49. The molecule has 0 radical (unpaired) electrons. The van der Waals surface area contributed by atoms with E-state index in [2.05, 4.69) is 29.6 Å². The lowest BCUT2D eigenvalue weighted by Crippen LogP contribution is -2.46. The van der Waals surface area contributed by atoms with E-state index in [1.165, 1.54) is 5.56 Å². The number of nitrogens with one attached hydrogen (secondary N) is 1. The lowest BCUT2D eigenvalue weighted by molar-refractivity contribution is 0.0708. The second kappa shape index (κ2) is 10.9. The zero-order valence-electron chi connectivity index (χ0n) is 13.6. The molecular formula is C16H29NO3Si. The van der Waals surface area contributed by atoms with Crippen molar-refractivity contribution in [2.45, 2.75) is 39.8 Å². The van der Waals surface area contributed by atoms with Crippen molar-refractivity contribution in [3.63, 3.8) is 0 Å². The molecule has 0 heterocycles. The molecule has 0 saturated heterocycles. The third-order valence-corrected chi connectivity index (χ3v) is 6.25. The van der Waals surface area contributed by atoms with Gasteiger partial charge in [-0.15, -0.1) is 0 Å². The quantitative estimate of drug-likeness (QED) is 0.475. The molecule has 0 amide bonds. The summed E-state index contributed by atoms with van der Waals surface area (Å²) in [5, 5.41) is 3.46. The third-order valence-electron chi connectivity index (χ3n) is 3.10. The van der Waals surface area contributed by atoms with Crippen LogP contribution < -0.4 is 5.32 Å². The zero-order valence-corrected chi connectivity index (χ0v) is 14.6. The fraction of sp³-hybridized carbons (Fsp3) is 0.625. The zero-order chi connectivity index (χ0) is 15.4. The summed E-state index contributed by atoms with van der Waals surface area (Å²) in [6.07, 6.45) is 0.999. The van der Waals surface area contributed by atoms with Gasteiger partial charge in [0.05, 0.1) is 0 Å². The van der Waals surface area contributed by atoms with Gasteiger partial charge in [0, 0.05) is 32.4 Å². The Labute approximate surface area is 130 Å². The Bertz CT molecular complexity index is 345. The highest BCUT2D eigenvalue weighted by Gasteiger charge is 2.39. The van der Waals surface area contributed by atoms with Crippen LogP contribution >= 0.6 is 0 Å². The SMILES string of the molecule is CCO[Si](CCCNCc1ccccc1)(OCC)OCC. The van der Waals surface area contributed by atoms with Crippen LogP contribution in [-0.4, -0.2) is 35.2 Å². The van der Waals surface area contributed by atoms with Crippen molar-refractivity contribution in [3.05, 3.63) is 35.9 Å². The maximum absolute atomic E-state index is 5.84. The van der Waals surface area contributed by atoms with Crippen LogP contribution in [0.15, 0.2) is 30.3 Å². The van der Waals surface area contributed by atoms with Crippen LogP contribution in [-0.2, 0) is 19.8 Å². The van der Waals surface area contributed by atoms with Crippen molar-refractivity contribution < 1.29 is 13.3 Å². The van der Waals surface area contributed by atoms with Crippen LogP contribution in [0.25, 0.3) is 0 Å². The highest BCUT2D eigenvalue weighted by Crippen LogP contribution is 2.17. The monoisotopic (exact) mass is 311 g/mol. The molecule has 1 aromatic carbocycles. The maximum Gasteiger partial charge on any atom is 0.500 e. The van der Waals surface area contributed by atoms with E-state index >= 15 is 0 Å². The lowest BCUT2D eigenvalue weighted by Gasteiger charge is -2.28. The van der Waals surface area contributed by atoms with Crippen molar-refractivity contribution in [2.75, 3.05) is 26.4 Å². The molecular weight excluding hydrogens is 282 g/mol. The minimum Gasteiger partial charge on any atom is -0.374 e. The van der Waals surface area contributed by atoms with E-state index in [4.69, 9.17) is 13.3 Å². The van der Waals surface area contributed by atoms with Gasteiger partial charge in [-0.05, 0) is 39.3 Å². The first-order valence-corrected chi connectivity index (χ1v) is 9.86. The predicted octanol–water partition coefficient (Wildman–Crippen LogP) is 3.21. The van der Waals surface area contributed by atoms with Crippen molar-refractivity contribution in [2.24, 2.45) is 0 Å². The van der Waals surface area contributed by atoms with Gasteiger partial charge in [0.15, 0.2) is 0 Å². The molecule has 0 spiro atoms. The van der Waals surface area contributed by atoms with Gasteiger partial charge in [-0.2, -0.15) is 0 Å². The Morgan fingerprint density at radius 1 is 0.905 bits per heavy atom. The van der Waals surface area contributed by atoms with Crippen molar-refractivity contribution >= 4 is 8.80 Å². The lowest BCUT2D eigenvalue weighted by atomic mass is 10.2. The van der Waals surface area contributed by atoms with Crippen LogP contribution in [0.2, 0.25) is 6.04 Å². The molecule has 1 N–H and O–H groups in total. The second-order valence-corrected chi connectivity index (χ2v) is 7.48. The highest BCUT2D eigenvalue weighted by atomic mass is 28.4. The van der Waals surface area contributed by atoms with Gasteiger partial charge >= 0.3 is 8.80 Å². The molecule has 0 saturated carbocycles. The second-order valence-electron chi connectivity index (χ2n) is 4.75. The van der Waals surface area contributed by atoms with Gasteiger partial charge in [0.25, 0.3) is 0 Å². The average molecular weight is 311 g/mol. The van der Waals surface area contributed by atoms with Crippen molar-refractivity contribution in [1.29, 1.82) is 0 Å². The van der Waals surface area contributed by atoms with Crippen LogP contribution in [0.3, 0.4) is 0 Å². The molecule has 120 valence electrons. The van der Waals surface area contributed by atoms with E-state index in [1.54, 1.807) is 0 Å². The molecule has 0 unspecified atom stereocenters. The topological polar surface area (TPSA) is 39.7 Å². The molecule has 0 aliphatic heterocycles. The largest absolute Gasteiger partial charge is 0.500 e. The summed E-state index contributed by atoms with van der Waals surface area (Å²) in [6.45, 7) is 9.75. The van der Waals surface area contributed by atoms with E-state index in [-0.39, 0.29) is 0 Å². The van der Waals surface area contributed by atoms with E-state index in [0.717, 1.165) is 25.6 Å². The Balaban J connectivity index is 2.31. The summed E-state index contributed by atoms with van der Waals surface area (Å²) < 4.78 is 17.5. The molecule has 1 rings (SSSR count). The van der Waals surface area contributed by atoms with E-state index < -0.39 is 8.80 Å². The first-order chi connectivity index (χ1) is 10.3. The van der Waals surface area contributed by atoms with E-state index in [9.17, 15) is 0 Å². The van der Waals surface area contributed by atoms with Crippen molar-refractivity contribution in [3.8, 4) is 0 Å². The van der Waals surface area contributed by atoms with Gasteiger partial charge in [-0.25, -0.2) is 0 Å². The van der Waals surface area contributed by atoms with Gasteiger partial charge < -0.3 is 18.6 Å². The molecule has 0 bridgehead atoms. The summed E-state index contributed by atoms with van der Waals surface area (Å²) >= 11 is 0. The minimum atomic E-state index is -2.46. The fourth-order valence-corrected chi connectivity index (χ4v) is 4.87. The third kappa shape index (κ3) is 7.20. The Hall–Kier alpha value is -0.723. The van der Waals surface area contributed by atoms with Crippen molar-refractivity contribution in [1.82, 2.24) is 5.32 Å². The predicted molar refractivity (Wildman–Crippen MR) is 88.2 cm³/mol. The van der Waals surface area contributed by atoms with E-state index in [1.807, 2.05) is 26.8 Å². The minimum absolute atomic E-state index is 0.643. The first-order valence-electron chi connectivity index (χ1n) is 7.92. The van der Waals surface area contributed by atoms with Gasteiger partial charge in [0.1, 0.15) is 0 Å². The van der Waals surface area contributed by atoms with Gasteiger partial charge in [-0.3, -0.25) is 0 Å². The fourth-order valence-electron chi connectivity index (χ4n) is 2.26. The Kier molecular flexibility index (Phi) is 9.53. The molecule has 0 atom stereocenters. The maximum atomic E-state index is 5.84. The van der Waals surface area contributed by atoms with Gasteiger partial charge in [0.2, 0.25) is 0 Å². The molecule has 0 aliphatic rings. The molecule has 21 heavy (non-hydrogen) atoms. The van der Waals surface area contributed by atoms with Gasteiger partial charge in [-0.1, -0.05) is 30.3 Å². The number of hydrogen-bond acceptors (Lipinski definition) is 4. The molecule has 0 fully saturated rings. The summed E-state index contributed by atoms with van der Waals surface area (Å²) in [7, 11) is -2.46. The number of benzene rings is 1. The molecule has 0 aromatic heterocycles. The Morgan fingerprint density at radius 2 is 1.48 bits per heavy atom. The normalized spacial score (nSPS) is 11.8. The summed E-state index contributed by atoms with van der Waals surface area (Å²) in [5.41, 5.74) is 1.31. The van der Waals surface area contributed by atoms with Crippen LogP contribution in [0.5, 0.6) is 0 Å². The van der Waals surface area contributed by atoms with Crippen LogP contribution in [0.4, 0.5) is 0 Å². The molecule has 1 aromatic rings. The van der Waals surface area contributed by atoms with E-state index in [0.29, 0.717) is 19.8 Å². The summed E-state index contributed by atoms with van der Waals surface area (Å²) in [4.78, 5) is 0. The number of rotatable bonds is 12. The summed E-state index contributed by atoms with van der Waals surface area (Å²) in [5.74, 6) is 0. The van der Waals surface area contributed by atoms with Crippen LogP contribution in [0, 0.1) is 0 Å². The number of hydrogen-bond donors (Lipinski definition) is 1. The smallest absolute Gasteiger partial charge is 0.374 e. The van der Waals surface area contributed by atoms with Crippen LogP contribution in [0.1, 0.15) is 32.8 Å². The molecule has 4 nitrogen and oxygen atoms in total. The first kappa shape index (κ1) is 18.3. The molecule has 5 heteroatoms. The summed E-state index contributed by atoms with van der Waals surface area (Å²) in [6, 6.07) is 11.3. The molecule has 0 aliphatic carbocycles. The highest BCUT2D eigenvalue weighted by molar-refractivity contribution is 6.60. The standard InChI is InChI=1S/C16H29NO3Si/c1-4-18-21(19-5-2,20-6-3)14-10-13-17-15-16-11-8-7-9-12-16/h7-9,11-12,17H,4-6,10,13-15H2,1-3H3.